The second-order valence-corrected chi connectivity index (χ2v) is 20.0. The topological polar surface area (TPSA) is 86.7 Å². The molecule has 0 bridgehead atoms. The van der Waals surface area contributed by atoms with Crippen LogP contribution in [0.4, 0.5) is 0 Å². The molecule has 6 fully saturated rings. The zero-order valence-electron chi connectivity index (χ0n) is 32.4. The van der Waals surface area contributed by atoms with Gasteiger partial charge >= 0.3 is 11.9 Å². The molecule has 14 atom stereocenters. The SMILES string of the molecule is CC(=O)C1CCC2C3CC=C4CC(OC(=O)CC(=O)OC5CCC6(C)C(=CCC7C6CCC6(C)C(C(C)=O)CCC76)C5)CCC4(C)C3CCC12C. The van der Waals surface area contributed by atoms with Gasteiger partial charge in [0, 0.05) is 24.7 Å². The number of fused-ring (bicyclic) bond motifs is 10. The van der Waals surface area contributed by atoms with Crippen LogP contribution in [0.25, 0.3) is 0 Å². The molecule has 280 valence electrons. The minimum atomic E-state index is -0.455. The van der Waals surface area contributed by atoms with Crippen LogP contribution in [-0.4, -0.2) is 35.7 Å². The summed E-state index contributed by atoms with van der Waals surface area (Å²) in [6.45, 7) is 13.3. The average molecular weight is 701 g/mol. The van der Waals surface area contributed by atoms with Crippen molar-refractivity contribution in [3.05, 3.63) is 23.3 Å². The Kier molecular flexibility index (Phi) is 8.89. The molecule has 0 aromatic rings. The summed E-state index contributed by atoms with van der Waals surface area (Å²) in [7, 11) is 0. The minimum Gasteiger partial charge on any atom is -0.462 e. The Morgan fingerprint density at radius 2 is 0.980 bits per heavy atom. The Morgan fingerprint density at radius 3 is 1.37 bits per heavy atom. The van der Waals surface area contributed by atoms with E-state index < -0.39 is 11.9 Å². The van der Waals surface area contributed by atoms with E-state index in [0.29, 0.717) is 47.1 Å². The number of carbonyl (C=O) groups excluding carboxylic acids is 4. The van der Waals surface area contributed by atoms with Gasteiger partial charge in [-0.25, -0.2) is 0 Å². The van der Waals surface area contributed by atoms with Gasteiger partial charge in [-0.2, -0.15) is 0 Å². The fraction of sp³-hybridized carbons (Fsp3) is 0.822. The number of hydrogen-bond acceptors (Lipinski definition) is 6. The fourth-order valence-corrected chi connectivity index (χ4v) is 15.4. The third kappa shape index (κ3) is 5.59. The molecule has 0 amide bonds. The number of ether oxygens (including phenoxy) is 2. The van der Waals surface area contributed by atoms with Gasteiger partial charge in [0.05, 0.1) is 0 Å². The summed E-state index contributed by atoms with van der Waals surface area (Å²) in [4.78, 5) is 51.2. The predicted molar refractivity (Wildman–Crippen MR) is 196 cm³/mol. The number of hydrogen-bond donors (Lipinski definition) is 0. The zero-order valence-corrected chi connectivity index (χ0v) is 32.4. The normalized spacial score (nSPS) is 48.3. The number of allylic oxidation sites excluding steroid dienone is 2. The van der Waals surface area contributed by atoms with Crippen molar-refractivity contribution < 1.29 is 28.7 Å². The molecule has 0 aliphatic heterocycles. The van der Waals surface area contributed by atoms with E-state index in [9.17, 15) is 19.2 Å². The van der Waals surface area contributed by atoms with Crippen LogP contribution in [0.15, 0.2) is 23.3 Å². The molecule has 8 aliphatic carbocycles. The van der Waals surface area contributed by atoms with Crippen LogP contribution in [0.1, 0.15) is 151 Å². The monoisotopic (exact) mass is 700 g/mol. The Hall–Kier alpha value is -2.24. The molecule has 0 spiro atoms. The lowest BCUT2D eigenvalue weighted by molar-refractivity contribution is -0.163. The maximum absolute atomic E-state index is 13.1. The first-order chi connectivity index (χ1) is 24.2. The average Bonchev–Trinajstić information content (AvgIpc) is 3.62. The summed E-state index contributed by atoms with van der Waals surface area (Å²) in [5.74, 6) is 4.11. The Labute approximate surface area is 306 Å². The molecule has 0 saturated heterocycles. The van der Waals surface area contributed by atoms with Crippen molar-refractivity contribution in [3.63, 3.8) is 0 Å². The first kappa shape index (κ1) is 35.8. The molecule has 0 heterocycles. The highest BCUT2D eigenvalue weighted by molar-refractivity contribution is 5.91. The summed E-state index contributed by atoms with van der Waals surface area (Å²) in [6, 6.07) is 0. The van der Waals surface area contributed by atoms with Crippen molar-refractivity contribution in [2.75, 3.05) is 0 Å². The molecule has 14 unspecified atom stereocenters. The van der Waals surface area contributed by atoms with Gasteiger partial charge in [0.1, 0.15) is 30.2 Å². The number of carbonyl (C=O) groups is 4. The maximum atomic E-state index is 13.1. The van der Waals surface area contributed by atoms with Gasteiger partial charge in [0.25, 0.3) is 0 Å². The minimum absolute atomic E-state index is 0.134. The molecule has 51 heavy (non-hydrogen) atoms. The van der Waals surface area contributed by atoms with Gasteiger partial charge in [-0.05, 0) is 161 Å². The molecule has 0 aromatic carbocycles. The van der Waals surface area contributed by atoms with Crippen LogP contribution in [0.5, 0.6) is 0 Å². The first-order valence-corrected chi connectivity index (χ1v) is 21.0. The van der Waals surface area contributed by atoms with E-state index >= 15 is 0 Å². The quantitative estimate of drug-likeness (QED) is 0.156. The van der Waals surface area contributed by atoms with Crippen LogP contribution < -0.4 is 0 Å². The van der Waals surface area contributed by atoms with Gasteiger partial charge in [0.2, 0.25) is 0 Å². The van der Waals surface area contributed by atoms with Crippen LogP contribution in [-0.2, 0) is 28.7 Å². The summed E-state index contributed by atoms with van der Waals surface area (Å²) in [6.07, 6.45) is 20.8. The Balaban J connectivity index is 0.840. The van der Waals surface area contributed by atoms with E-state index in [0.717, 1.165) is 77.0 Å². The number of esters is 2. The molecule has 6 saturated carbocycles. The van der Waals surface area contributed by atoms with Crippen molar-refractivity contribution in [2.24, 2.45) is 69.0 Å². The van der Waals surface area contributed by atoms with E-state index in [2.05, 4.69) is 39.8 Å². The maximum Gasteiger partial charge on any atom is 0.317 e. The van der Waals surface area contributed by atoms with Crippen LogP contribution >= 0.6 is 0 Å². The van der Waals surface area contributed by atoms with Gasteiger partial charge in [-0.3, -0.25) is 19.2 Å². The molecule has 0 radical (unpaired) electrons. The number of Topliss-reactive ketones (excluding diaryl/α,β-unsaturated/α-hetero) is 2. The molecule has 8 aliphatic rings. The van der Waals surface area contributed by atoms with Crippen LogP contribution in [0.3, 0.4) is 0 Å². The summed E-state index contributed by atoms with van der Waals surface area (Å²) < 4.78 is 12.0. The highest BCUT2D eigenvalue weighted by Crippen LogP contribution is 2.68. The highest BCUT2D eigenvalue weighted by atomic mass is 16.6. The van der Waals surface area contributed by atoms with Crippen molar-refractivity contribution in [3.8, 4) is 0 Å². The van der Waals surface area contributed by atoms with Gasteiger partial charge < -0.3 is 9.47 Å². The van der Waals surface area contributed by atoms with E-state index in [1.54, 1.807) is 13.8 Å². The van der Waals surface area contributed by atoms with Crippen LogP contribution in [0.2, 0.25) is 0 Å². The molecule has 6 nitrogen and oxygen atoms in total. The van der Waals surface area contributed by atoms with E-state index in [-0.39, 0.29) is 52.1 Å². The predicted octanol–water partition coefficient (Wildman–Crippen LogP) is 9.54. The molecular formula is C45H64O6. The molecule has 8 rings (SSSR count). The van der Waals surface area contributed by atoms with E-state index in [4.69, 9.17) is 9.47 Å². The highest BCUT2D eigenvalue weighted by Gasteiger charge is 2.61. The van der Waals surface area contributed by atoms with E-state index in [1.807, 2.05) is 0 Å². The lowest BCUT2D eigenvalue weighted by Gasteiger charge is -2.58. The van der Waals surface area contributed by atoms with Gasteiger partial charge in [-0.1, -0.05) is 51.0 Å². The molecule has 0 aromatic heterocycles. The second kappa shape index (κ2) is 12.7. The van der Waals surface area contributed by atoms with Gasteiger partial charge in [-0.15, -0.1) is 0 Å². The van der Waals surface area contributed by atoms with Gasteiger partial charge in [0.15, 0.2) is 0 Å². The van der Waals surface area contributed by atoms with Crippen molar-refractivity contribution in [1.82, 2.24) is 0 Å². The molecular weight excluding hydrogens is 636 g/mol. The summed E-state index contributed by atoms with van der Waals surface area (Å²) >= 11 is 0. The molecule has 6 heteroatoms. The third-order valence-corrected chi connectivity index (χ3v) is 18.0. The Morgan fingerprint density at radius 1 is 0.569 bits per heavy atom. The van der Waals surface area contributed by atoms with Crippen LogP contribution in [0, 0.1) is 69.0 Å². The lowest BCUT2D eigenvalue weighted by Crippen LogP contribution is -2.51. The number of ketones is 2. The smallest absolute Gasteiger partial charge is 0.317 e. The Bertz CT molecular complexity index is 1430. The van der Waals surface area contributed by atoms with Crippen molar-refractivity contribution in [1.29, 1.82) is 0 Å². The largest absolute Gasteiger partial charge is 0.462 e. The standard InChI is InChI=1S/C45H64O6/c1-26(46)34-11-13-36-32-9-7-28-23-30(15-19-42(28,3)38(32)17-21-44(34,36)5)50-40(48)25-41(49)51-31-16-20-43(4)29(24-31)8-10-33-37-14-12-35(27(2)47)45(37,6)22-18-39(33)43/h7-8,30-39H,9-25H2,1-6H3. The third-order valence-electron chi connectivity index (χ3n) is 18.0. The summed E-state index contributed by atoms with van der Waals surface area (Å²) in [5, 5.41) is 0. The van der Waals surface area contributed by atoms with Crippen molar-refractivity contribution in [2.45, 2.75) is 163 Å². The number of rotatable bonds is 6. The zero-order chi connectivity index (χ0) is 36.1. The first-order valence-electron chi connectivity index (χ1n) is 21.0. The van der Waals surface area contributed by atoms with Crippen molar-refractivity contribution >= 4 is 23.5 Å². The summed E-state index contributed by atoms with van der Waals surface area (Å²) in [5.41, 5.74) is 3.47. The molecule has 0 N–H and O–H groups in total. The lowest BCUT2D eigenvalue weighted by atomic mass is 9.47. The fourth-order valence-electron chi connectivity index (χ4n) is 15.4. The second-order valence-electron chi connectivity index (χ2n) is 20.0. The van der Waals surface area contributed by atoms with E-state index in [1.165, 1.54) is 36.8 Å².